The molecule has 2 bridgehead atoms. The summed E-state index contributed by atoms with van der Waals surface area (Å²) in [5, 5.41) is 2.99. The number of morpholine rings is 1. The lowest BCUT2D eigenvalue weighted by molar-refractivity contribution is -0.123. The van der Waals surface area contributed by atoms with Crippen molar-refractivity contribution in [3.05, 3.63) is 98.5 Å². The average Bonchev–Trinajstić information content (AvgIpc) is 3.67. The Labute approximate surface area is 265 Å². The van der Waals surface area contributed by atoms with E-state index in [2.05, 4.69) is 57.7 Å². The monoisotopic (exact) mass is 608 g/mol. The van der Waals surface area contributed by atoms with Crippen LogP contribution in [0, 0.1) is 38.5 Å². The van der Waals surface area contributed by atoms with Crippen LogP contribution in [0.3, 0.4) is 0 Å². The third-order valence-corrected chi connectivity index (χ3v) is 9.81. The maximum absolute atomic E-state index is 14.0. The third-order valence-electron chi connectivity index (χ3n) is 9.81. The van der Waals surface area contributed by atoms with Gasteiger partial charge in [-0.15, -0.1) is 0 Å². The summed E-state index contributed by atoms with van der Waals surface area (Å²) in [6.07, 6.45) is 6.40. The Morgan fingerprint density at radius 2 is 1.76 bits per heavy atom. The lowest BCUT2D eigenvalue weighted by atomic mass is 9.91. The van der Waals surface area contributed by atoms with Crippen molar-refractivity contribution in [2.24, 2.45) is 17.8 Å². The molecule has 3 atom stereocenters. The number of carbonyl (C=O) groups is 2. The number of aromatic amines is 1. The minimum absolute atomic E-state index is 0.0315. The van der Waals surface area contributed by atoms with E-state index in [1.807, 2.05) is 44.7 Å². The standard InChI is InChI=1S/C37H44N4O4/c1-5-41(37(44)32-18-27-8-11-29(32)17-27)34-20-30(28-9-6-26(7-10-28)22-40-12-14-45-15-13-40)19-31(25(34)4)35(42)38-21-33-23(2)16-24(3)39-36(33)43/h6-11,16,19-20,27,29,32H,5,12-15,17-18,21-22H2,1-4H3,(H,38,42)(H,39,43). The fourth-order valence-electron chi connectivity index (χ4n) is 7.28. The Kier molecular flexibility index (Phi) is 9.06. The molecule has 2 aliphatic carbocycles. The molecule has 6 rings (SSSR count). The molecular weight excluding hydrogens is 564 g/mol. The summed E-state index contributed by atoms with van der Waals surface area (Å²) in [5.41, 5.74) is 7.05. The predicted octanol–water partition coefficient (Wildman–Crippen LogP) is 5.29. The van der Waals surface area contributed by atoms with Crippen LogP contribution in [0.15, 0.2) is 59.4 Å². The summed E-state index contributed by atoms with van der Waals surface area (Å²) in [6, 6.07) is 14.4. The molecule has 45 heavy (non-hydrogen) atoms. The van der Waals surface area contributed by atoms with Gasteiger partial charge < -0.3 is 19.9 Å². The molecule has 1 aliphatic heterocycles. The molecule has 1 saturated carbocycles. The van der Waals surface area contributed by atoms with Gasteiger partial charge in [-0.3, -0.25) is 19.3 Å². The Bertz CT molecular complexity index is 1670. The number of aromatic nitrogens is 1. The molecule has 2 heterocycles. The largest absolute Gasteiger partial charge is 0.379 e. The first kappa shape index (κ1) is 31.0. The second-order valence-corrected chi connectivity index (χ2v) is 12.8. The number of carbonyl (C=O) groups excluding carboxylic acids is 2. The molecule has 0 spiro atoms. The number of amides is 2. The average molecular weight is 609 g/mol. The Balaban J connectivity index is 1.33. The summed E-state index contributed by atoms with van der Waals surface area (Å²) in [5.74, 6) is 0.600. The Hall–Kier alpha value is -4.01. The minimum Gasteiger partial charge on any atom is -0.379 e. The number of nitrogens with one attached hydrogen (secondary N) is 2. The minimum atomic E-state index is -0.273. The van der Waals surface area contributed by atoms with Gasteiger partial charge in [0.05, 0.1) is 13.2 Å². The highest BCUT2D eigenvalue weighted by molar-refractivity contribution is 6.02. The van der Waals surface area contributed by atoms with Crippen LogP contribution in [-0.2, 0) is 22.6 Å². The molecule has 8 heteroatoms. The van der Waals surface area contributed by atoms with Crippen LogP contribution in [0.2, 0.25) is 0 Å². The van der Waals surface area contributed by atoms with Gasteiger partial charge in [-0.25, -0.2) is 0 Å². The van der Waals surface area contributed by atoms with E-state index >= 15 is 0 Å². The van der Waals surface area contributed by atoms with Crippen molar-refractivity contribution in [2.45, 2.75) is 53.6 Å². The number of rotatable bonds is 9. The third kappa shape index (κ3) is 6.53. The molecule has 236 valence electrons. The van der Waals surface area contributed by atoms with Crippen LogP contribution in [-0.4, -0.2) is 54.5 Å². The molecule has 8 nitrogen and oxygen atoms in total. The number of hydrogen-bond donors (Lipinski definition) is 2. The van der Waals surface area contributed by atoms with Crippen LogP contribution in [0.25, 0.3) is 11.1 Å². The lowest BCUT2D eigenvalue weighted by Gasteiger charge is -2.30. The number of ether oxygens (including phenoxy) is 1. The van der Waals surface area contributed by atoms with Gasteiger partial charge in [-0.1, -0.05) is 36.4 Å². The Morgan fingerprint density at radius 3 is 2.40 bits per heavy atom. The van der Waals surface area contributed by atoms with Gasteiger partial charge in [-0.2, -0.15) is 0 Å². The van der Waals surface area contributed by atoms with Crippen LogP contribution < -0.4 is 15.8 Å². The van der Waals surface area contributed by atoms with Gasteiger partial charge >= 0.3 is 0 Å². The van der Waals surface area contributed by atoms with Crippen LogP contribution in [0.5, 0.6) is 0 Å². The van der Waals surface area contributed by atoms with Crippen molar-refractivity contribution in [2.75, 3.05) is 37.7 Å². The molecule has 2 amide bonds. The number of anilines is 1. The number of fused-ring (bicyclic) bond motifs is 2. The van der Waals surface area contributed by atoms with Gasteiger partial charge in [0.2, 0.25) is 5.91 Å². The van der Waals surface area contributed by atoms with Crippen molar-refractivity contribution in [1.29, 1.82) is 0 Å². The van der Waals surface area contributed by atoms with E-state index in [1.165, 1.54) is 5.56 Å². The Morgan fingerprint density at radius 1 is 1.00 bits per heavy atom. The summed E-state index contributed by atoms with van der Waals surface area (Å²) in [4.78, 5) is 47.6. The maximum Gasteiger partial charge on any atom is 0.253 e. The number of benzene rings is 2. The predicted molar refractivity (Wildman–Crippen MR) is 177 cm³/mol. The molecule has 3 unspecified atom stereocenters. The zero-order valence-corrected chi connectivity index (χ0v) is 26.8. The molecule has 2 fully saturated rings. The zero-order chi connectivity index (χ0) is 31.7. The van der Waals surface area contributed by atoms with Crippen molar-refractivity contribution in [1.82, 2.24) is 15.2 Å². The van der Waals surface area contributed by atoms with Crippen LogP contribution >= 0.6 is 0 Å². The summed E-state index contributed by atoms with van der Waals surface area (Å²) >= 11 is 0. The number of hydrogen-bond acceptors (Lipinski definition) is 5. The zero-order valence-electron chi connectivity index (χ0n) is 26.8. The number of aryl methyl sites for hydroxylation is 2. The van der Waals surface area contributed by atoms with Gasteiger partial charge in [-0.05, 0) is 98.4 Å². The quantitative estimate of drug-likeness (QED) is 0.322. The van der Waals surface area contributed by atoms with Crippen molar-refractivity contribution >= 4 is 17.5 Å². The molecule has 0 radical (unpaired) electrons. The van der Waals surface area contributed by atoms with Crippen LogP contribution in [0.1, 0.15) is 58.1 Å². The summed E-state index contributed by atoms with van der Waals surface area (Å²) in [7, 11) is 0. The molecule has 3 aliphatic rings. The highest BCUT2D eigenvalue weighted by atomic mass is 16.5. The molecule has 1 saturated heterocycles. The highest BCUT2D eigenvalue weighted by Crippen LogP contribution is 2.45. The van der Waals surface area contributed by atoms with E-state index in [4.69, 9.17) is 4.74 Å². The first-order chi connectivity index (χ1) is 21.7. The van der Waals surface area contributed by atoms with Gasteiger partial charge in [0.15, 0.2) is 0 Å². The van der Waals surface area contributed by atoms with E-state index in [9.17, 15) is 14.4 Å². The van der Waals surface area contributed by atoms with Gasteiger partial charge in [0, 0.05) is 61.1 Å². The first-order valence-corrected chi connectivity index (χ1v) is 16.2. The molecule has 1 aromatic heterocycles. The lowest BCUT2D eigenvalue weighted by Crippen LogP contribution is -2.38. The second-order valence-electron chi connectivity index (χ2n) is 12.8. The fourth-order valence-corrected chi connectivity index (χ4v) is 7.28. The van der Waals surface area contributed by atoms with Gasteiger partial charge in [0.1, 0.15) is 0 Å². The van der Waals surface area contributed by atoms with E-state index in [-0.39, 0.29) is 35.8 Å². The van der Waals surface area contributed by atoms with E-state index in [0.717, 1.165) is 79.3 Å². The number of nitrogens with zero attached hydrogens (tertiary/aromatic N) is 2. The summed E-state index contributed by atoms with van der Waals surface area (Å²) in [6.45, 7) is 12.5. The highest BCUT2D eigenvalue weighted by Gasteiger charge is 2.42. The maximum atomic E-state index is 14.0. The van der Waals surface area contributed by atoms with Crippen molar-refractivity contribution in [3.8, 4) is 11.1 Å². The number of allylic oxidation sites excluding steroid dienone is 2. The number of H-pyrrole nitrogens is 1. The van der Waals surface area contributed by atoms with E-state index in [0.29, 0.717) is 23.6 Å². The van der Waals surface area contributed by atoms with Gasteiger partial charge in [0.25, 0.3) is 11.5 Å². The molecule has 2 N–H and O–H groups in total. The summed E-state index contributed by atoms with van der Waals surface area (Å²) < 4.78 is 5.49. The molecular formula is C37H44N4O4. The first-order valence-electron chi connectivity index (χ1n) is 16.2. The smallest absolute Gasteiger partial charge is 0.253 e. The molecule has 3 aromatic rings. The second kappa shape index (κ2) is 13.2. The van der Waals surface area contributed by atoms with Crippen LogP contribution in [0.4, 0.5) is 5.69 Å². The SMILES string of the molecule is CCN(C(=O)C1CC2C=CC1C2)c1cc(-c2ccc(CN3CCOCC3)cc2)cc(C(=O)NCc2c(C)cc(C)[nH]c2=O)c1C. The van der Waals surface area contributed by atoms with Crippen molar-refractivity contribution < 1.29 is 14.3 Å². The fraction of sp³-hybridized carbons (Fsp3) is 0.432. The number of pyridine rings is 1. The topological polar surface area (TPSA) is 94.7 Å². The molecule has 2 aromatic carbocycles. The van der Waals surface area contributed by atoms with E-state index in [1.54, 1.807) is 0 Å². The van der Waals surface area contributed by atoms with E-state index < -0.39 is 0 Å². The normalized spacial score (nSPS) is 20.8. The van der Waals surface area contributed by atoms with Crippen molar-refractivity contribution in [3.63, 3.8) is 0 Å².